The molecule has 0 aliphatic carbocycles. The molecule has 1 fully saturated rings. The van der Waals surface area contributed by atoms with Crippen LogP contribution in [0.25, 0.3) is 22.9 Å². The van der Waals surface area contributed by atoms with E-state index in [-0.39, 0.29) is 17.9 Å². The van der Waals surface area contributed by atoms with Gasteiger partial charge in [0.1, 0.15) is 0 Å². The first-order chi connectivity index (χ1) is 15.0. The number of nitrogens with one attached hydrogen (secondary N) is 1. The van der Waals surface area contributed by atoms with Gasteiger partial charge in [-0.15, -0.1) is 10.2 Å². The molecule has 0 bridgehead atoms. The Kier molecular flexibility index (Phi) is 6.11. The highest BCUT2D eigenvalue weighted by atomic mass is 16.4. The van der Waals surface area contributed by atoms with Gasteiger partial charge < -0.3 is 14.6 Å². The summed E-state index contributed by atoms with van der Waals surface area (Å²) in [6, 6.07) is 15.1. The predicted molar refractivity (Wildman–Crippen MR) is 117 cm³/mol. The van der Waals surface area contributed by atoms with Crippen LogP contribution in [0.5, 0.6) is 0 Å². The van der Waals surface area contributed by atoms with Crippen molar-refractivity contribution in [2.75, 3.05) is 13.1 Å². The number of aromatic nitrogens is 2. The Hall–Kier alpha value is -3.48. The van der Waals surface area contributed by atoms with E-state index in [0.29, 0.717) is 36.9 Å². The minimum absolute atomic E-state index is 0.0165. The number of nitrogens with zero attached hydrogens (tertiary/aromatic N) is 3. The van der Waals surface area contributed by atoms with Gasteiger partial charge in [0, 0.05) is 42.2 Å². The first-order valence-electron chi connectivity index (χ1n) is 10.6. The number of carbonyl (C=O) groups excluding carboxylic acids is 2. The summed E-state index contributed by atoms with van der Waals surface area (Å²) in [6.45, 7) is 5.08. The summed E-state index contributed by atoms with van der Waals surface area (Å²) >= 11 is 0. The van der Waals surface area contributed by atoms with Crippen LogP contribution in [0.2, 0.25) is 0 Å². The number of piperidine rings is 1. The van der Waals surface area contributed by atoms with Gasteiger partial charge in [0.15, 0.2) is 0 Å². The summed E-state index contributed by atoms with van der Waals surface area (Å²) in [6.07, 6.45) is 2.23. The standard InChI is InChI=1S/C24H26N4O3/c1-3-21(29)25-20-8-5-13-28(15-20)24(30)18-11-9-17(10-12-18)22-26-27-23(31-22)19-7-4-6-16(2)14-19/h4,6-7,9-12,14,20H,3,5,8,13,15H2,1-2H3,(H,25,29). The molecule has 2 amide bonds. The van der Waals surface area contributed by atoms with E-state index >= 15 is 0 Å². The maximum atomic E-state index is 12.9. The molecule has 1 atom stereocenters. The van der Waals surface area contributed by atoms with Crippen molar-refractivity contribution >= 4 is 11.8 Å². The summed E-state index contributed by atoms with van der Waals surface area (Å²) in [4.78, 5) is 26.4. The molecule has 0 spiro atoms. The summed E-state index contributed by atoms with van der Waals surface area (Å²) in [5, 5.41) is 11.3. The molecule has 7 nitrogen and oxygen atoms in total. The molecule has 2 heterocycles. The normalized spacial score (nSPS) is 16.2. The highest BCUT2D eigenvalue weighted by molar-refractivity contribution is 5.94. The molecule has 7 heteroatoms. The van der Waals surface area contributed by atoms with Crippen LogP contribution >= 0.6 is 0 Å². The number of carbonyl (C=O) groups is 2. The number of rotatable bonds is 5. The molecule has 160 valence electrons. The van der Waals surface area contributed by atoms with E-state index in [1.807, 2.05) is 55.1 Å². The maximum absolute atomic E-state index is 12.9. The third-order valence-electron chi connectivity index (χ3n) is 5.46. The van der Waals surface area contributed by atoms with Gasteiger partial charge in [-0.1, -0.05) is 24.6 Å². The molecule has 1 aromatic heterocycles. The minimum atomic E-state index is -0.0343. The lowest BCUT2D eigenvalue weighted by molar-refractivity contribution is -0.121. The smallest absolute Gasteiger partial charge is 0.253 e. The second kappa shape index (κ2) is 9.12. The van der Waals surface area contributed by atoms with Crippen molar-refractivity contribution in [1.29, 1.82) is 0 Å². The average molecular weight is 418 g/mol. The quantitative estimate of drug-likeness (QED) is 0.680. The number of hydrogen-bond acceptors (Lipinski definition) is 5. The highest BCUT2D eigenvalue weighted by Gasteiger charge is 2.25. The van der Waals surface area contributed by atoms with Crippen LogP contribution in [0.4, 0.5) is 0 Å². The Morgan fingerprint density at radius 1 is 1.10 bits per heavy atom. The van der Waals surface area contributed by atoms with Crippen LogP contribution in [-0.4, -0.2) is 46.0 Å². The number of hydrogen-bond donors (Lipinski definition) is 1. The van der Waals surface area contributed by atoms with E-state index in [1.165, 1.54) is 0 Å². The highest BCUT2D eigenvalue weighted by Crippen LogP contribution is 2.25. The van der Waals surface area contributed by atoms with Crippen LogP contribution < -0.4 is 5.32 Å². The van der Waals surface area contributed by atoms with Crippen molar-refractivity contribution in [3.8, 4) is 22.9 Å². The monoisotopic (exact) mass is 418 g/mol. The van der Waals surface area contributed by atoms with Crippen LogP contribution in [0, 0.1) is 6.92 Å². The molecule has 1 aliphatic heterocycles. The zero-order chi connectivity index (χ0) is 21.8. The number of benzene rings is 2. The van der Waals surface area contributed by atoms with Crippen LogP contribution in [-0.2, 0) is 4.79 Å². The van der Waals surface area contributed by atoms with Crippen LogP contribution in [0.3, 0.4) is 0 Å². The lowest BCUT2D eigenvalue weighted by Crippen LogP contribution is -2.49. The van der Waals surface area contributed by atoms with Crippen molar-refractivity contribution in [2.24, 2.45) is 0 Å². The van der Waals surface area contributed by atoms with Gasteiger partial charge in [0.2, 0.25) is 17.7 Å². The van der Waals surface area contributed by atoms with Gasteiger partial charge in [0.05, 0.1) is 0 Å². The Morgan fingerprint density at radius 2 is 1.84 bits per heavy atom. The van der Waals surface area contributed by atoms with Gasteiger partial charge in [-0.3, -0.25) is 9.59 Å². The van der Waals surface area contributed by atoms with Crippen molar-refractivity contribution in [3.05, 3.63) is 59.7 Å². The molecule has 0 radical (unpaired) electrons. The summed E-state index contributed by atoms with van der Waals surface area (Å²) in [5.41, 5.74) is 3.36. The SMILES string of the molecule is CCC(=O)NC1CCCN(C(=O)c2ccc(-c3nnc(-c4cccc(C)c4)o3)cc2)C1. The molecule has 2 aromatic carbocycles. The van der Waals surface area contributed by atoms with E-state index in [4.69, 9.17) is 4.42 Å². The third-order valence-corrected chi connectivity index (χ3v) is 5.46. The topological polar surface area (TPSA) is 88.3 Å². The van der Waals surface area contributed by atoms with Gasteiger partial charge in [-0.2, -0.15) is 0 Å². The lowest BCUT2D eigenvalue weighted by atomic mass is 10.0. The maximum Gasteiger partial charge on any atom is 0.253 e. The average Bonchev–Trinajstić information content (AvgIpc) is 3.29. The third kappa shape index (κ3) is 4.82. The minimum Gasteiger partial charge on any atom is -0.416 e. The van der Waals surface area contributed by atoms with E-state index in [0.717, 1.165) is 29.5 Å². The second-order valence-electron chi connectivity index (χ2n) is 7.87. The number of likely N-dealkylation sites (tertiary alicyclic amines) is 1. The molecule has 4 rings (SSSR count). The zero-order valence-corrected chi connectivity index (χ0v) is 17.8. The molecule has 1 aliphatic rings. The first kappa shape index (κ1) is 20.8. The van der Waals surface area contributed by atoms with E-state index < -0.39 is 0 Å². The van der Waals surface area contributed by atoms with Crippen molar-refractivity contribution in [1.82, 2.24) is 20.4 Å². The zero-order valence-electron chi connectivity index (χ0n) is 17.8. The predicted octanol–water partition coefficient (Wildman–Crippen LogP) is 3.84. The number of amides is 2. The first-order valence-corrected chi connectivity index (χ1v) is 10.6. The van der Waals surface area contributed by atoms with E-state index in [2.05, 4.69) is 15.5 Å². The Balaban J connectivity index is 1.44. The molecule has 1 saturated heterocycles. The molecule has 1 unspecified atom stereocenters. The Labute approximate surface area is 181 Å². The van der Waals surface area contributed by atoms with Crippen molar-refractivity contribution < 1.29 is 14.0 Å². The fourth-order valence-electron chi connectivity index (χ4n) is 3.78. The summed E-state index contributed by atoms with van der Waals surface area (Å²) < 4.78 is 5.83. The molecule has 0 saturated carbocycles. The van der Waals surface area contributed by atoms with Crippen LogP contribution in [0.1, 0.15) is 42.1 Å². The Bertz CT molecular complexity index is 1070. The van der Waals surface area contributed by atoms with E-state index in [9.17, 15) is 9.59 Å². The largest absolute Gasteiger partial charge is 0.416 e. The molecular weight excluding hydrogens is 392 g/mol. The lowest BCUT2D eigenvalue weighted by Gasteiger charge is -2.33. The number of aryl methyl sites for hydroxylation is 1. The Morgan fingerprint density at radius 3 is 2.55 bits per heavy atom. The second-order valence-corrected chi connectivity index (χ2v) is 7.87. The molecule has 3 aromatic rings. The van der Waals surface area contributed by atoms with Gasteiger partial charge >= 0.3 is 0 Å². The molecule has 31 heavy (non-hydrogen) atoms. The molecular formula is C24H26N4O3. The van der Waals surface area contributed by atoms with E-state index in [1.54, 1.807) is 12.1 Å². The van der Waals surface area contributed by atoms with Crippen LogP contribution in [0.15, 0.2) is 52.9 Å². The van der Waals surface area contributed by atoms with Crippen molar-refractivity contribution in [2.45, 2.75) is 39.2 Å². The van der Waals surface area contributed by atoms with Crippen molar-refractivity contribution in [3.63, 3.8) is 0 Å². The molecule has 1 N–H and O–H groups in total. The summed E-state index contributed by atoms with van der Waals surface area (Å²) in [5.74, 6) is 0.865. The van der Waals surface area contributed by atoms with Gasteiger partial charge in [0.25, 0.3) is 5.91 Å². The fourth-order valence-corrected chi connectivity index (χ4v) is 3.78. The van der Waals surface area contributed by atoms with Gasteiger partial charge in [-0.05, 0) is 56.2 Å². The van der Waals surface area contributed by atoms with Gasteiger partial charge in [-0.25, -0.2) is 0 Å². The summed E-state index contributed by atoms with van der Waals surface area (Å²) in [7, 11) is 0. The fraction of sp³-hybridized carbons (Fsp3) is 0.333.